The van der Waals surface area contributed by atoms with Gasteiger partial charge in [0.05, 0.1) is 17.8 Å². The first-order chi connectivity index (χ1) is 14.4. The molecule has 164 valence electrons. The fourth-order valence-electron chi connectivity index (χ4n) is 3.50. The van der Waals surface area contributed by atoms with Crippen LogP contribution in [0.4, 0.5) is 0 Å². The lowest BCUT2D eigenvalue weighted by Gasteiger charge is -2.23. The number of hydrogen-bond acceptors (Lipinski definition) is 7. The van der Waals surface area contributed by atoms with Crippen molar-refractivity contribution in [1.82, 2.24) is 20.1 Å². The number of carbonyl (C=O) groups is 2. The number of carbonyl (C=O) groups excluding carboxylic acids is 2. The van der Waals surface area contributed by atoms with Crippen LogP contribution < -0.4 is 5.32 Å². The van der Waals surface area contributed by atoms with Gasteiger partial charge in [-0.3, -0.25) is 9.48 Å². The van der Waals surface area contributed by atoms with E-state index in [0.717, 1.165) is 30.5 Å². The van der Waals surface area contributed by atoms with Crippen molar-refractivity contribution in [1.29, 1.82) is 0 Å². The Hall–Kier alpha value is -2.26. The van der Waals surface area contributed by atoms with Crippen molar-refractivity contribution in [3.05, 3.63) is 33.5 Å². The molecule has 1 amide bonds. The summed E-state index contributed by atoms with van der Waals surface area (Å²) in [7, 11) is 0. The largest absolute Gasteiger partial charge is 0.460 e. The Labute approximate surface area is 181 Å². The van der Waals surface area contributed by atoms with E-state index in [2.05, 4.69) is 10.3 Å². The maximum Gasteiger partial charge on any atom is 0.357 e. The van der Waals surface area contributed by atoms with Crippen molar-refractivity contribution < 1.29 is 19.1 Å². The normalized spacial score (nSPS) is 15.8. The summed E-state index contributed by atoms with van der Waals surface area (Å²) >= 11 is 1.36. The number of aryl methyl sites for hydroxylation is 1. The number of rotatable bonds is 6. The molecule has 3 rings (SSSR count). The molecule has 0 atom stereocenters. The molecule has 9 heteroatoms. The second-order valence-electron chi connectivity index (χ2n) is 8.21. The van der Waals surface area contributed by atoms with E-state index in [1.54, 1.807) is 15.6 Å². The Balaban J connectivity index is 1.78. The number of fused-ring (bicyclic) bond motifs is 1. The molecular formula is C21H30N4O4S. The standard InChI is InChI=1S/C21H30N4O4S/c1-4-25-18-15(7-5-9-28-10-6-8-22-19(18)26)16(24-25)11-21(2,3)13-29-20(27)17-12-30-14-23-17/h12,14H,4-11,13H2,1-3H3,(H,22,26). The molecule has 0 saturated carbocycles. The van der Waals surface area contributed by atoms with Crippen LogP contribution in [0, 0.1) is 5.41 Å². The second kappa shape index (κ2) is 10.2. The van der Waals surface area contributed by atoms with Gasteiger partial charge in [0.25, 0.3) is 5.91 Å². The third-order valence-corrected chi connectivity index (χ3v) is 5.58. The lowest BCUT2D eigenvalue weighted by molar-refractivity contribution is 0.0333. The first kappa shape index (κ1) is 22.4. The molecule has 0 saturated heterocycles. The van der Waals surface area contributed by atoms with Crippen LogP contribution in [0.25, 0.3) is 0 Å². The van der Waals surface area contributed by atoms with Crippen molar-refractivity contribution in [3.63, 3.8) is 0 Å². The zero-order valence-corrected chi connectivity index (χ0v) is 18.7. The molecule has 0 aromatic carbocycles. The smallest absolute Gasteiger partial charge is 0.357 e. The fourth-order valence-corrected chi connectivity index (χ4v) is 4.02. The Morgan fingerprint density at radius 1 is 1.37 bits per heavy atom. The predicted octanol–water partition coefficient (Wildman–Crippen LogP) is 2.87. The summed E-state index contributed by atoms with van der Waals surface area (Å²) in [6, 6.07) is 0. The van der Waals surface area contributed by atoms with Crippen LogP contribution in [-0.2, 0) is 28.9 Å². The van der Waals surface area contributed by atoms with E-state index in [1.807, 2.05) is 20.8 Å². The average Bonchev–Trinajstić information content (AvgIpc) is 3.35. The van der Waals surface area contributed by atoms with Gasteiger partial charge in [0, 0.05) is 49.1 Å². The van der Waals surface area contributed by atoms with Crippen LogP contribution in [0.15, 0.2) is 10.9 Å². The number of ether oxygens (including phenoxy) is 2. The maximum absolute atomic E-state index is 12.9. The quantitative estimate of drug-likeness (QED) is 0.703. The lowest BCUT2D eigenvalue weighted by atomic mass is 9.86. The molecule has 30 heavy (non-hydrogen) atoms. The van der Waals surface area contributed by atoms with Crippen molar-refractivity contribution in [2.75, 3.05) is 26.4 Å². The molecular weight excluding hydrogens is 404 g/mol. The van der Waals surface area contributed by atoms with Gasteiger partial charge >= 0.3 is 5.97 Å². The minimum Gasteiger partial charge on any atom is -0.460 e. The zero-order valence-electron chi connectivity index (χ0n) is 17.9. The Morgan fingerprint density at radius 3 is 2.90 bits per heavy atom. The summed E-state index contributed by atoms with van der Waals surface area (Å²) in [4.78, 5) is 29.0. The van der Waals surface area contributed by atoms with Gasteiger partial charge in [-0.25, -0.2) is 9.78 Å². The van der Waals surface area contributed by atoms with Gasteiger partial charge in [0.15, 0.2) is 5.69 Å². The molecule has 1 aliphatic heterocycles. The van der Waals surface area contributed by atoms with Crippen LogP contribution in [0.1, 0.15) is 65.8 Å². The number of aromatic nitrogens is 3. The van der Waals surface area contributed by atoms with E-state index in [1.165, 1.54) is 11.3 Å². The Bertz CT molecular complexity index is 861. The molecule has 3 heterocycles. The zero-order chi connectivity index (χ0) is 21.6. The summed E-state index contributed by atoms with van der Waals surface area (Å²) in [5.74, 6) is -0.500. The molecule has 0 fully saturated rings. The van der Waals surface area contributed by atoms with E-state index in [-0.39, 0.29) is 17.9 Å². The van der Waals surface area contributed by atoms with Crippen molar-refractivity contribution in [2.45, 2.75) is 53.0 Å². The first-order valence-corrected chi connectivity index (χ1v) is 11.4. The average molecular weight is 435 g/mol. The third-order valence-electron chi connectivity index (χ3n) is 5.00. The van der Waals surface area contributed by atoms with E-state index in [9.17, 15) is 9.59 Å². The van der Waals surface area contributed by atoms with Gasteiger partial charge in [-0.2, -0.15) is 5.10 Å². The molecule has 2 aromatic heterocycles. The Morgan fingerprint density at radius 2 is 2.17 bits per heavy atom. The number of hydrogen-bond donors (Lipinski definition) is 1. The van der Waals surface area contributed by atoms with Gasteiger partial charge < -0.3 is 14.8 Å². The van der Waals surface area contributed by atoms with Gasteiger partial charge in [0.2, 0.25) is 0 Å². The summed E-state index contributed by atoms with van der Waals surface area (Å²) < 4.78 is 12.9. The summed E-state index contributed by atoms with van der Waals surface area (Å²) in [6.07, 6.45) is 2.96. The number of amides is 1. The summed E-state index contributed by atoms with van der Waals surface area (Å²) in [5, 5.41) is 9.42. The molecule has 1 aliphatic rings. The van der Waals surface area contributed by atoms with Crippen molar-refractivity contribution in [3.8, 4) is 0 Å². The molecule has 0 spiro atoms. The second-order valence-corrected chi connectivity index (χ2v) is 8.92. The summed E-state index contributed by atoms with van der Waals surface area (Å²) in [5.41, 5.74) is 4.10. The highest BCUT2D eigenvalue weighted by atomic mass is 32.1. The lowest BCUT2D eigenvalue weighted by Crippen LogP contribution is -2.28. The van der Waals surface area contributed by atoms with Gasteiger partial charge in [0.1, 0.15) is 5.69 Å². The molecule has 0 bridgehead atoms. The van der Waals surface area contributed by atoms with Gasteiger partial charge in [-0.05, 0) is 26.2 Å². The van der Waals surface area contributed by atoms with Crippen LogP contribution in [0.2, 0.25) is 0 Å². The highest BCUT2D eigenvalue weighted by Crippen LogP contribution is 2.27. The minimum atomic E-state index is -0.417. The van der Waals surface area contributed by atoms with Crippen molar-refractivity contribution in [2.24, 2.45) is 5.41 Å². The highest BCUT2D eigenvalue weighted by Gasteiger charge is 2.29. The van der Waals surface area contributed by atoms with Gasteiger partial charge in [-0.1, -0.05) is 13.8 Å². The van der Waals surface area contributed by atoms with E-state index in [4.69, 9.17) is 14.6 Å². The third kappa shape index (κ3) is 5.66. The number of nitrogens with zero attached hydrogens (tertiary/aromatic N) is 3. The van der Waals surface area contributed by atoms with E-state index < -0.39 is 5.97 Å². The maximum atomic E-state index is 12.9. The van der Waals surface area contributed by atoms with Crippen LogP contribution >= 0.6 is 11.3 Å². The molecule has 8 nitrogen and oxygen atoms in total. The summed E-state index contributed by atoms with van der Waals surface area (Å²) in [6.45, 7) is 8.82. The molecule has 0 radical (unpaired) electrons. The van der Waals surface area contributed by atoms with Crippen molar-refractivity contribution >= 4 is 23.2 Å². The fraction of sp³-hybridized carbons (Fsp3) is 0.619. The predicted molar refractivity (Wildman–Crippen MR) is 114 cm³/mol. The van der Waals surface area contributed by atoms with E-state index in [0.29, 0.717) is 44.1 Å². The SMILES string of the molecule is CCn1nc(CC(C)(C)COC(=O)c2cscn2)c2c1C(=O)NCCCOCCC2. The van der Waals surface area contributed by atoms with Crippen LogP contribution in [0.3, 0.4) is 0 Å². The Kier molecular flexibility index (Phi) is 7.60. The molecule has 0 aliphatic carbocycles. The number of nitrogens with one attached hydrogen (secondary N) is 1. The van der Waals surface area contributed by atoms with Crippen LogP contribution in [0.5, 0.6) is 0 Å². The molecule has 2 aromatic rings. The topological polar surface area (TPSA) is 95.3 Å². The minimum absolute atomic E-state index is 0.0831. The number of esters is 1. The number of thiazole rings is 1. The highest BCUT2D eigenvalue weighted by molar-refractivity contribution is 7.07. The van der Waals surface area contributed by atoms with Gasteiger partial charge in [-0.15, -0.1) is 11.3 Å². The van der Waals surface area contributed by atoms with Crippen LogP contribution in [-0.4, -0.2) is 53.0 Å². The first-order valence-electron chi connectivity index (χ1n) is 10.4. The monoisotopic (exact) mass is 434 g/mol. The molecule has 1 N–H and O–H groups in total. The van der Waals surface area contributed by atoms with E-state index >= 15 is 0 Å². The molecule has 0 unspecified atom stereocenters.